The highest BCUT2D eigenvalue weighted by Crippen LogP contribution is 2.24. The maximum absolute atomic E-state index is 12.6. The lowest BCUT2D eigenvalue weighted by molar-refractivity contribution is 0.0788. The largest absolute Gasteiger partial charge is 0.338 e. The van der Waals surface area contributed by atoms with Crippen molar-refractivity contribution in [2.45, 2.75) is 19.9 Å². The number of hydrogen-bond acceptors (Lipinski definition) is 6. The Hall–Kier alpha value is -1.75. The summed E-state index contributed by atoms with van der Waals surface area (Å²) >= 11 is 3.06. The van der Waals surface area contributed by atoms with E-state index in [-0.39, 0.29) is 5.91 Å². The van der Waals surface area contributed by atoms with Crippen LogP contribution >= 0.6 is 22.7 Å². The van der Waals surface area contributed by atoms with Gasteiger partial charge in [0.05, 0.1) is 16.8 Å². The van der Waals surface area contributed by atoms with E-state index < -0.39 is 0 Å². The number of aromatic nitrogens is 1. The van der Waals surface area contributed by atoms with E-state index in [1.165, 1.54) is 16.2 Å². The number of thiazole rings is 1. The average molecular weight is 361 g/mol. The molecular formula is C17H20N4OS2. The lowest BCUT2D eigenvalue weighted by atomic mass is 10.1. The lowest BCUT2D eigenvalue weighted by Crippen LogP contribution is -2.31. The molecule has 5 nitrogen and oxygen atoms in total. The number of thiophene rings is 1. The van der Waals surface area contributed by atoms with Crippen molar-refractivity contribution in [3.05, 3.63) is 38.0 Å². The van der Waals surface area contributed by atoms with Crippen molar-refractivity contribution in [3.63, 3.8) is 0 Å². The summed E-state index contributed by atoms with van der Waals surface area (Å²) in [6.45, 7) is 5.47. The molecule has 3 rings (SSSR count). The van der Waals surface area contributed by atoms with E-state index >= 15 is 0 Å². The van der Waals surface area contributed by atoms with Crippen LogP contribution in [0.25, 0.3) is 0 Å². The minimum Gasteiger partial charge on any atom is -0.338 e. The minimum atomic E-state index is 0.00463. The van der Waals surface area contributed by atoms with E-state index in [0.29, 0.717) is 16.4 Å². The fourth-order valence-corrected chi connectivity index (χ4v) is 4.77. The van der Waals surface area contributed by atoms with Crippen LogP contribution in [0.2, 0.25) is 0 Å². The zero-order chi connectivity index (χ0) is 17.1. The molecule has 0 spiro atoms. The van der Waals surface area contributed by atoms with E-state index in [4.69, 9.17) is 5.26 Å². The van der Waals surface area contributed by atoms with Crippen LogP contribution in [0.5, 0.6) is 0 Å². The van der Waals surface area contributed by atoms with E-state index in [1.54, 1.807) is 17.4 Å². The molecule has 0 saturated carbocycles. The number of hydrogen-bond donors (Lipinski definition) is 0. The molecule has 0 bridgehead atoms. The van der Waals surface area contributed by atoms with E-state index in [1.807, 2.05) is 22.7 Å². The van der Waals surface area contributed by atoms with Gasteiger partial charge in [0.15, 0.2) is 0 Å². The second kappa shape index (κ2) is 7.43. The van der Waals surface area contributed by atoms with E-state index in [0.717, 1.165) is 38.3 Å². The lowest BCUT2D eigenvalue weighted by Gasteiger charge is -2.21. The number of carbonyl (C=O) groups excluding carboxylic acids is 1. The summed E-state index contributed by atoms with van der Waals surface area (Å²) in [4.78, 5) is 23.0. The molecule has 1 atom stereocenters. The molecule has 0 unspecified atom stereocenters. The summed E-state index contributed by atoms with van der Waals surface area (Å²) in [6, 6.07) is 3.82. The van der Waals surface area contributed by atoms with Crippen molar-refractivity contribution in [3.8, 4) is 6.07 Å². The molecule has 1 fully saturated rings. The van der Waals surface area contributed by atoms with Crippen molar-refractivity contribution >= 4 is 28.6 Å². The number of rotatable bonds is 5. The van der Waals surface area contributed by atoms with Gasteiger partial charge in [-0.05, 0) is 37.8 Å². The smallest absolute Gasteiger partial charge is 0.265 e. The summed E-state index contributed by atoms with van der Waals surface area (Å²) < 4.78 is 0. The fraction of sp³-hybridized carbons (Fsp3) is 0.471. The number of aryl methyl sites for hydroxylation is 1. The molecule has 3 heterocycles. The standard InChI is InChI=1S/C17H20N4OS2/c1-12-15(24-11-19-12)10-20(2)8-13-3-5-21(9-13)17(22)16-14(7-18)4-6-23-16/h4,6,11,13H,3,5,8-10H2,1-2H3/t13-/m1/s1. The monoisotopic (exact) mass is 360 g/mol. The third-order valence-corrected chi connectivity index (χ3v) is 6.20. The molecule has 2 aromatic heterocycles. The molecule has 0 radical (unpaired) electrons. The summed E-state index contributed by atoms with van der Waals surface area (Å²) in [5.74, 6) is 0.489. The van der Waals surface area contributed by atoms with Gasteiger partial charge in [-0.2, -0.15) is 5.26 Å². The Morgan fingerprint density at radius 3 is 3.08 bits per heavy atom. The quantitative estimate of drug-likeness (QED) is 0.822. The highest BCUT2D eigenvalue weighted by Gasteiger charge is 2.29. The first-order chi connectivity index (χ1) is 11.6. The molecule has 126 valence electrons. The third kappa shape index (κ3) is 3.66. The van der Waals surface area contributed by atoms with Crippen molar-refractivity contribution in [1.29, 1.82) is 5.26 Å². The second-order valence-corrected chi connectivity index (χ2v) is 8.09. The Bertz CT molecular complexity index is 761. The predicted octanol–water partition coefficient (Wildman–Crippen LogP) is 2.98. The van der Waals surface area contributed by atoms with Gasteiger partial charge in [-0.3, -0.25) is 4.79 Å². The van der Waals surface area contributed by atoms with Crippen LogP contribution in [0.3, 0.4) is 0 Å². The molecule has 0 aromatic carbocycles. The summed E-state index contributed by atoms with van der Waals surface area (Å²) in [5, 5.41) is 10.9. The van der Waals surface area contributed by atoms with Gasteiger partial charge in [-0.25, -0.2) is 4.98 Å². The second-order valence-electron chi connectivity index (χ2n) is 6.24. The molecule has 2 aromatic rings. The Labute approximate surface area is 150 Å². The Kier molecular flexibility index (Phi) is 5.29. The molecular weight excluding hydrogens is 340 g/mol. The molecule has 1 aliphatic rings. The van der Waals surface area contributed by atoms with Crippen molar-refractivity contribution in [2.24, 2.45) is 5.92 Å². The molecule has 1 saturated heterocycles. The molecule has 7 heteroatoms. The van der Waals surface area contributed by atoms with Crippen LogP contribution in [0.4, 0.5) is 0 Å². The van der Waals surface area contributed by atoms with Gasteiger partial charge in [0.25, 0.3) is 5.91 Å². The fourth-order valence-electron chi connectivity index (χ4n) is 3.10. The highest BCUT2D eigenvalue weighted by atomic mass is 32.1. The number of likely N-dealkylation sites (tertiary alicyclic amines) is 1. The summed E-state index contributed by atoms with van der Waals surface area (Å²) in [5.41, 5.74) is 3.49. The molecule has 24 heavy (non-hydrogen) atoms. The maximum atomic E-state index is 12.6. The van der Waals surface area contributed by atoms with Crippen molar-refractivity contribution in [2.75, 3.05) is 26.7 Å². The van der Waals surface area contributed by atoms with Crippen LogP contribution in [-0.2, 0) is 6.54 Å². The van der Waals surface area contributed by atoms with Gasteiger partial charge in [0, 0.05) is 31.1 Å². The molecule has 1 amide bonds. The van der Waals surface area contributed by atoms with Crippen molar-refractivity contribution < 1.29 is 4.79 Å². The van der Waals surface area contributed by atoms with Crippen LogP contribution < -0.4 is 0 Å². The van der Waals surface area contributed by atoms with Crippen LogP contribution in [0.15, 0.2) is 17.0 Å². The average Bonchev–Trinajstić information content (AvgIpc) is 3.28. The molecule has 1 aliphatic heterocycles. The van der Waals surface area contributed by atoms with Crippen LogP contribution in [0, 0.1) is 24.2 Å². The Balaban J connectivity index is 1.55. The number of nitriles is 1. The van der Waals surface area contributed by atoms with E-state index in [9.17, 15) is 4.79 Å². The molecule has 0 aliphatic carbocycles. The van der Waals surface area contributed by atoms with Gasteiger partial charge in [-0.1, -0.05) is 0 Å². The Morgan fingerprint density at radius 2 is 2.38 bits per heavy atom. The number of amides is 1. The maximum Gasteiger partial charge on any atom is 0.265 e. The first kappa shape index (κ1) is 17.1. The van der Waals surface area contributed by atoms with Crippen molar-refractivity contribution in [1.82, 2.24) is 14.8 Å². The van der Waals surface area contributed by atoms with Gasteiger partial charge in [-0.15, -0.1) is 22.7 Å². The predicted molar refractivity (Wildman–Crippen MR) is 96.2 cm³/mol. The number of nitrogens with zero attached hydrogens (tertiary/aromatic N) is 4. The summed E-state index contributed by atoms with van der Waals surface area (Å²) in [6.07, 6.45) is 1.02. The Morgan fingerprint density at radius 1 is 1.54 bits per heavy atom. The minimum absolute atomic E-state index is 0.00463. The van der Waals surface area contributed by atoms with Gasteiger partial charge in [0.1, 0.15) is 10.9 Å². The molecule has 0 N–H and O–H groups in total. The van der Waals surface area contributed by atoms with Gasteiger partial charge >= 0.3 is 0 Å². The first-order valence-electron chi connectivity index (χ1n) is 7.93. The zero-order valence-electron chi connectivity index (χ0n) is 13.9. The third-order valence-electron chi connectivity index (χ3n) is 4.38. The summed E-state index contributed by atoms with van der Waals surface area (Å²) in [7, 11) is 2.12. The highest BCUT2D eigenvalue weighted by molar-refractivity contribution is 7.12. The normalized spacial score (nSPS) is 17.4. The number of carbonyl (C=O) groups is 1. The van der Waals surface area contributed by atoms with Gasteiger partial charge in [0.2, 0.25) is 0 Å². The topological polar surface area (TPSA) is 60.2 Å². The van der Waals surface area contributed by atoms with Crippen LogP contribution in [0.1, 0.15) is 32.2 Å². The van der Waals surface area contributed by atoms with Crippen LogP contribution in [-0.4, -0.2) is 47.4 Å². The first-order valence-corrected chi connectivity index (χ1v) is 9.68. The van der Waals surface area contributed by atoms with E-state index in [2.05, 4.69) is 23.0 Å². The zero-order valence-corrected chi connectivity index (χ0v) is 15.5. The van der Waals surface area contributed by atoms with Gasteiger partial charge < -0.3 is 9.80 Å². The SMILES string of the molecule is Cc1ncsc1CN(C)C[C@H]1CCN(C(=O)c2sccc2C#N)C1.